The lowest BCUT2D eigenvalue weighted by molar-refractivity contribution is -0.119. The molecule has 0 atom stereocenters. The summed E-state index contributed by atoms with van der Waals surface area (Å²) in [5.41, 5.74) is 1.80. The number of Topliss-reactive ketones (excluding diaryl/α,β-unsaturated/α-hetero) is 2. The summed E-state index contributed by atoms with van der Waals surface area (Å²) in [6.07, 6.45) is 4.14. The van der Waals surface area contributed by atoms with Crippen LogP contribution in [0.15, 0.2) is 58.7 Å². The van der Waals surface area contributed by atoms with Crippen molar-refractivity contribution >= 4 is 38.9 Å². The Labute approximate surface area is 186 Å². The standard InChI is InChI=1S/C23H28N2O3S2/c1-3-20(26)7-6-15-28-22-11-9-19(10-12-22)18(2)25-17-21(27)13-16-29-30-23-8-4-5-14-24-23/h4-5,8-12,14H,3,6-7,13,15-17H2,1-2H3. The van der Waals surface area contributed by atoms with E-state index in [0.717, 1.165) is 34.2 Å². The van der Waals surface area contributed by atoms with Crippen LogP contribution >= 0.6 is 21.6 Å². The Morgan fingerprint density at radius 1 is 1.07 bits per heavy atom. The molecule has 0 saturated heterocycles. The Morgan fingerprint density at radius 3 is 2.57 bits per heavy atom. The first kappa shape index (κ1) is 24.2. The Hall–Kier alpha value is -2.12. The predicted octanol–water partition coefficient (Wildman–Crippen LogP) is 5.43. The molecular formula is C23H28N2O3S2. The van der Waals surface area contributed by atoms with Gasteiger partial charge in [-0.2, -0.15) is 0 Å². The normalized spacial score (nSPS) is 11.3. The average molecular weight is 445 g/mol. The smallest absolute Gasteiger partial charge is 0.155 e. The van der Waals surface area contributed by atoms with E-state index < -0.39 is 0 Å². The predicted molar refractivity (Wildman–Crippen MR) is 126 cm³/mol. The maximum absolute atomic E-state index is 12.1. The molecule has 0 amide bonds. The Balaban J connectivity index is 1.67. The van der Waals surface area contributed by atoms with Crippen molar-refractivity contribution < 1.29 is 14.3 Å². The molecule has 160 valence electrons. The van der Waals surface area contributed by atoms with Crippen LogP contribution in [0.5, 0.6) is 5.75 Å². The first-order valence-corrected chi connectivity index (χ1v) is 12.4. The summed E-state index contributed by atoms with van der Waals surface area (Å²) in [7, 11) is 3.21. The van der Waals surface area contributed by atoms with Gasteiger partial charge in [0.25, 0.3) is 0 Å². The average Bonchev–Trinajstić information content (AvgIpc) is 2.79. The third-order valence-electron chi connectivity index (χ3n) is 4.27. The molecule has 7 heteroatoms. The van der Waals surface area contributed by atoms with Gasteiger partial charge in [-0.3, -0.25) is 14.6 Å². The zero-order valence-corrected chi connectivity index (χ0v) is 19.1. The summed E-state index contributed by atoms with van der Waals surface area (Å²) in [5, 5.41) is 0.950. The molecule has 0 radical (unpaired) electrons. The first-order valence-electron chi connectivity index (χ1n) is 10.1. The van der Waals surface area contributed by atoms with Crippen LogP contribution in [0.2, 0.25) is 0 Å². The molecule has 0 fully saturated rings. The zero-order valence-electron chi connectivity index (χ0n) is 17.5. The van der Waals surface area contributed by atoms with Gasteiger partial charge in [-0.05, 0) is 66.1 Å². The number of pyridine rings is 1. The topological polar surface area (TPSA) is 68.6 Å². The molecule has 0 aliphatic rings. The molecule has 0 unspecified atom stereocenters. The number of hydrogen-bond donors (Lipinski definition) is 0. The lowest BCUT2D eigenvalue weighted by atomic mass is 10.1. The van der Waals surface area contributed by atoms with Crippen LogP contribution in [0.3, 0.4) is 0 Å². The SMILES string of the molecule is CCC(=O)CCCOc1ccc(C(C)=NCC(=O)CCSSc2ccccn2)cc1. The Bertz CT molecular complexity index is 824. The zero-order chi connectivity index (χ0) is 21.6. The van der Waals surface area contributed by atoms with E-state index in [1.54, 1.807) is 27.8 Å². The highest BCUT2D eigenvalue weighted by Gasteiger charge is 2.05. The fourth-order valence-corrected chi connectivity index (χ4v) is 4.37. The largest absolute Gasteiger partial charge is 0.494 e. The molecule has 1 heterocycles. The summed E-state index contributed by atoms with van der Waals surface area (Å²) in [4.78, 5) is 32.0. The first-order chi connectivity index (χ1) is 14.6. The van der Waals surface area contributed by atoms with Crippen LogP contribution in [0.25, 0.3) is 0 Å². The minimum Gasteiger partial charge on any atom is -0.494 e. The minimum absolute atomic E-state index is 0.130. The molecule has 0 aliphatic heterocycles. The molecule has 0 bridgehead atoms. The molecule has 30 heavy (non-hydrogen) atoms. The third kappa shape index (κ3) is 9.59. The van der Waals surface area contributed by atoms with E-state index in [1.165, 1.54) is 0 Å². The van der Waals surface area contributed by atoms with E-state index in [0.29, 0.717) is 25.9 Å². The van der Waals surface area contributed by atoms with Gasteiger partial charge in [-0.25, -0.2) is 4.98 Å². The highest BCUT2D eigenvalue weighted by atomic mass is 33.1. The van der Waals surface area contributed by atoms with Crippen LogP contribution in [0.4, 0.5) is 0 Å². The van der Waals surface area contributed by atoms with Gasteiger partial charge in [0.05, 0.1) is 13.2 Å². The fourth-order valence-electron chi connectivity index (χ4n) is 2.46. The van der Waals surface area contributed by atoms with Crippen LogP contribution in [0, 0.1) is 0 Å². The molecule has 1 aromatic heterocycles. The van der Waals surface area contributed by atoms with Crippen molar-refractivity contribution in [2.75, 3.05) is 18.9 Å². The molecule has 1 aromatic carbocycles. The van der Waals surface area contributed by atoms with Crippen molar-refractivity contribution in [3.05, 3.63) is 54.2 Å². The van der Waals surface area contributed by atoms with E-state index in [2.05, 4.69) is 9.98 Å². The number of nitrogens with zero attached hydrogens (tertiary/aromatic N) is 2. The maximum atomic E-state index is 12.1. The number of ketones is 2. The Kier molecular flexibility index (Phi) is 11.3. The molecule has 5 nitrogen and oxygen atoms in total. The fraction of sp³-hybridized carbons (Fsp3) is 0.391. The van der Waals surface area contributed by atoms with Gasteiger partial charge in [0.2, 0.25) is 0 Å². The lowest BCUT2D eigenvalue weighted by Crippen LogP contribution is -2.06. The molecule has 0 N–H and O–H groups in total. The van der Waals surface area contributed by atoms with Crippen LogP contribution in [0.1, 0.15) is 45.1 Å². The summed E-state index contributed by atoms with van der Waals surface area (Å²) < 4.78 is 5.67. The molecule has 0 aliphatic carbocycles. The molecular weight excluding hydrogens is 416 g/mol. The number of carbonyl (C=O) groups is 2. The highest BCUT2D eigenvalue weighted by molar-refractivity contribution is 8.76. The second-order valence-electron chi connectivity index (χ2n) is 6.63. The van der Waals surface area contributed by atoms with Crippen molar-refractivity contribution in [1.29, 1.82) is 0 Å². The second-order valence-corrected chi connectivity index (χ2v) is 9.07. The van der Waals surface area contributed by atoms with E-state index in [9.17, 15) is 9.59 Å². The number of hydrogen-bond acceptors (Lipinski definition) is 7. The van der Waals surface area contributed by atoms with Gasteiger partial charge in [0.1, 0.15) is 16.6 Å². The lowest BCUT2D eigenvalue weighted by Gasteiger charge is -2.07. The van der Waals surface area contributed by atoms with Gasteiger partial charge in [0, 0.05) is 36.9 Å². The Morgan fingerprint density at radius 2 is 1.87 bits per heavy atom. The van der Waals surface area contributed by atoms with Crippen molar-refractivity contribution in [3.8, 4) is 5.75 Å². The number of carbonyl (C=O) groups excluding carboxylic acids is 2. The third-order valence-corrected chi connectivity index (χ3v) is 6.54. The monoisotopic (exact) mass is 444 g/mol. The number of aliphatic imine (C=N–C) groups is 1. The number of rotatable bonds is 14. The number of aromatic nitrogens is 1. The second kappa shape index (κ2) is 14.0. The van der Waals surface area contributed by atoms with Gasteiger partial charge in [0.15, 0.2) is 5.78 Å². The van der Waals surface area contributed by atoms with Gasteiger partial charge in [-0.1, -0.05) is 23.8 Å². The van der Waals surface area contributed by atoms with Gasteiger partial charge in [-0.15, -0.1) is 0 Å². The summed E-state index contributed by atoms with van der Waals surface area (Å²) in [6, 6.07) is 13.5. The van der Waals surface area contributed by atoms with Crippen molar-refractivity contribution in [2.45, 2.75) is 44.6 Å². The van der Waals surface area contributed by atoms with Crippen LogP contribution < -0.4 is 4.74 Å². The van der Waals surface area contributed by atoms with Crippen molar-refractivity contribution in [1.82, 2.24) is 4.98 Å². The summed E-state index contributed by atoms with van der Waals surface area (Å²) >= 11 is 0. The molecule has 0 saturated carbocycles. The van der Waals surface area contributed by atoms with E-state index in [1.807, 2.05) is 56.3 Å². The van der Waals surface area contributed by atoms with Crippen LogP contribution in [-0.4, -0.2) is 41.2 Å². The van der Waals surface area contributed by atoms with E-state index >= 15 is 0 Å². The van der Waals surface area contributed by atoms with Crippen LogP contribution in [-0.2, 0) is 9.59 Å². The van der Waals surface area contributed by atoms with E-state index in [-0.39, 0.29) is 18.1 Å². The molecule has 2 rings (SSSR count). The van der Waals surface area contributed by atoms with E-state index in [4.69, 9.17) is 4.74 Å². The summed E-state index contributed by atoms with van der Waals surface area (Å²) in [6.45, 7) is 4.51. The maximum Gasteiger partial charge on any atom is 0.155 e. The molecule has 2 aromatic rings. The minimum atomic E-state index is 0.130. The summed E-state index contributed by atoms with van der Waals surface area (Å²) in [5.74, 6) is 1.91. The number of benzene rings is 1. The van der Waals surface area contributed by atoms with Gasteiger partial charge >= 0.3 is 0 Å². The van der Waals surface area contributed by atoms with Gasteiger partial charge < -0.3 is 4.74 Å². The van der Waals surface area contributed by atoms with Crippen molar-refractivity contribution in [3.63, 3.8) is 0 Å². The van der Waals surface area contributed by atoms with Crippen molar-refractivity contribution in [2.24, 2.45) is 4.99 Å². The quantitative estimate of drug-likeness (QED) is 0.220. The highest BCUT2D eigenvalue weighted by Crippen LogP contribution is 2.29. The number of ether oxygens (including phenoxy) is 1. The molecule has 0 spiro atoms.